The first-order chi connectivity index (χ1) is 18.3. The van der Waals surface area contributed by atoms with E-state index >= 15 is 0 Å². The predicted octanol–water partition coefficient (Wildman–Crippen LogP) is 5.01. The van der Waals surface area contributed by atoms with Crippen LogP contribution >= 0.6 is 15.9 Å². The Kier molecular flexibility index (Phi) is 8.00. The van der Waals surface area contributed by atoms with Crippen LogP contribution in [0.15, 0.2) is 64.0 Å². The Balaban J connectivity index is 1.34. The third-order valence-electron chi connectivity index (χ3n) is 7.74. The van der Waals surface area contributed by atoms with E-state index in [-0.39, 0.29) is 35.4 Å². The lowest BCUT2D eigenvalue weighted by Crippen LogP contribution is -2.53. The number of nitrogens with one attached hydrogen (secondary N) is 2. The highest BCUT2D eigenvalue weighted by atomic mass is 79.9. The zero-order valence-electron chi connectivity index (χ0n) is 21.8. The number of hydrogen-bond acceptors (Lipinski definition) is 3. The van der Waals surface area contributed by atoms with Crippen LogP contribution in [0.3, 0.4) is 0 Å². The van der Waals surface area contributed by atoms with Crippen LogP contribution in [0.25, 0.3) is 0 Å². The number of hydrogen-bond donors (Lipinski definition) is 2. The summed E-state index contributed by atoms with van der Waals surface area (Å²) in [6, 6.07) is 14.6. The number of benzene rings is 2. The first-order valence-electron chi connectivity index (χ1n) is 13.3. The van der Waals surface area contributed by atoms with Crippen molar-refractivity contribution < 1.29 is 9.18 Å². The molecule has 2 amide bonds. The molecule has 1 saturated heterocycles. The number of aromatic nitrogens is 1. The fourth-order valence-corrected chi connectivity index (χ4v) is 5.88. The molecule has 1 aliphatic carbocycles. The molecule has 1 aromatic heterocycles. The zero-order valence-corrected chi connectivity index (χ0v) is 23.4. The molecule has 0 bridgehead atoms. The van der Waals surface area contributed by atoms with Crippen molar-refractivity contribution in [1.29, 1.82) is 0 Å². The van der Waals surface area contributed by atoms with Crippen molar-refractivity contribution in [2.75, 3.05) is 13.1 Å². The predicted molar refractivity (Wildman–Crippen MR) is 151 cm³/mol. The third-order valence-corrected chi connectivity index (χ3v) is 8.57. The summed E-state index contributed by atoms with van der Waals surface area (Å²) in [4.78, 5) is 27.8. The maximum atomic E-state index is 13.8. The van der Waals surface area contributed by atoms with Gasteiger partial charge in [0.25, 0.3) is 5.56 Å². The Morgan fingerprint density at radius 1 is 1.16 bits per heavy atom. The van der Waals surface area contributed by atoms with Crippen LogP contribution in [-0.2, 0) is 20.0 Å². The summed E-state index contributed by atoms with van der Waals surface area (Å²) in [5.74, 6) is -0.153. The van der Waals surface area contributed by atoms with E-state index in [9.17, 15) is 14.0 Å². The van der Waals surface area contributed by atoms with Crippen LogP contribution in [-0.4, -0.2) is 40.7 Å². The molecule has 2 fully saturated rings. The Morgan fingerprint density at radius 3 is 2.71 bits per heavy atom. The summed E-state index contributed by atoms with van der Waals surface area (Å²) in [6.45, 7) is 4.07. The quantitative estimate of drug-likeness (QED) is 0.413. The van der Waals surface area contributed by atoms with E-state index in [1.165, 1.54) is 6.07 Å². The summed E-state index contributed by atoms with van der Waals surface area (Å²) in [5, 5.41) is 6.69. The number of aryl methyl sites for hydroxylation is 1. The SMILES string of the molecule is Cc1c(Br)cc(CN(C(=O)N[C@@H]2CNCC[C@H]2c2ccn(C)c(=O)c2)C2CC2)cc1Cc1cccc(F)c1. The number of carbonyl (C=O) groups excluding carboxylic acids is 1. The number of piperidine rings is 1. The first kappa shape index (κ1) is 26.6. The molecule has 2 atom stereocenters. The Hall–Kier alpha value is -2.97. The Labute approximate surface area is 231 Å². The van der Waals surface area contributed by atoms with Gasteiger partial charge in [-0.3, -0.25) is 4.79 Å². The van der Waals surface area contributed by atoms with Crippen LogP contribution in [0, 0.1) is 12.7 Å². The lowest BCUT2D eigenvalue weighted by molar-refractivity contribution is 0.183. The molecule has 2 heterocycles. The number of rotatable bonds is 7. The van der Waals surface area contributed by atoms with E-state index in [2.05, 4.69) is 45.6 Å². The maximum Gasteiger partial charge on any atom is 0.318 e. The van der Waals surface area contributed by atoms with Gasteiger partial charge < -0.3 is 20.1 Å². The van der Waals surface area contributed by atoms with Gasteiger partial charge in [-0.15, -0.1) is 0 Å². The minimum atomic E-state index is -0.238. The highest BCUT2D eigenvalue weighted by Crippen LogP contribution is 2.32. The molecule has 38 heavy (non-hydrogen) atoms. The fourth-order valence-electron chi connectivity index (χ4n) is 5.33. The summed E-state index contributed by atoms with van der Waals surface area (Å²) in [6.07, 6.45) is 5.27. The molecule has 200 valence electrons. The molecule has 0 spiro atoms. The second-order valence-corrected chi connectivity index (χ2v) is 11.4. The fraction of sp³-hybridized carbons (Fsp3) is 0.400. The standard InChI is InChI=1S/C30H34BrFN4O2/c1-19-23(12-20-4-3-5-24(32)14-20)13-21(15-27(19)31)18-36(25-6-7-25)30(38)34-28-17-33-10-8-26(28)22-9-11-35(2)29(37)16-22/h3-5,9,11,13-16,25-26,28,33H,6-8,10,12,17-18H2,1-2H3,(H,34,38)/t26-,28+/m0/s1. The molecular formula is C30H34BrFN4O2. The van der Waals surface area contributed by atoms with Crippen LogP contribution in [0.2, 0.25) is 0 Å². The monoisotopic (exact) mass is 580 g/mol. The van der Waals surface area contributed by atoms with Crippen molar-refractivity contribution in [2.24, 2.45) is 7.05 Å². The topological polar surface area (TPSA) is 66.4 Å². The van der Waals surface area contributed by atoms with Crippen molar-refractivity contribution in [3.05, 3.63) is 103 Å². The van der Waals surface area contributed by atoms with Crippen molar-refractivity contribution in [3.63, 3.8) is 0 Å². The van der Waals surface area contributed by atoms with Gasteiger partial charge in [0.15, 0.2) is 0 Å². The lowest BCUT2D eigenvalue weighted by Gasteiger charge is -2.35. The molecular weight excluding hydrogens is 547 g/mol. The molecule has 2 aromatic carbocycles. The normalized spacial score (nSPS) is 19.3. The summed E-state index contributed by atoms with van der Waals surface area (Å²) in [7, 11) is 1.74. The maximum absolute atomic E-state index is 13.8. The molecule has 1 aliphatic heterocycles. The summed E-state index contributed by atoms with van der Waals surface area (Å²) < 4.78 is 16.3. The Bertz CT molecular complexity index is 1390. The second kappa shape index (κ2) is 11.4. The molecule has 0 unspecified atom stereocenters. The van der Waals surface area contributed by atoms with Gasteiger partial charge >= 0.3 is 6.03 Å². The van der Waals surface area contributed by atoms with Crippen LogP contribution in [0.4, 0.5) is 9.18 Å². The van der Waals surface area contributed by atoms with E-state index in [1.807, 2.05) is 17.0 Å². The van der Waals surface area contributed by atoms with Crippen molar-refractivity contribution in [1.82, 2.24) is 20.1 Å². The van der Waals surface area contributed by atoms with E-state index < -0.39 is 0 Å². The third kappa shape index (κ3) is 6.18. The van der Waals surface area contributed by atoms with Gasteiger partial charge in [-0.1, -0.05) is 34.1 Å². The highest BCUT2D eigenvalue weighted by Gasteiger charge is 2.35. The lowest BCUT2D eigenvalue weighted by atomic mass is 9.86. The molecule has 8 heteroatoms. The van der Waals surface area contributed by atoms with Gasteiger partial charge in [-0.25, -0.2) is 9.18 Å². The molecule has 2 aliphatic rings. The van der Waals surface area contributed by atoms with Crippen molar-refractivity contribution in [3.8, 4) is 0 Å². The number of nitrogens with zero attached hydrogens (tertiary/aromatic N) is 2. The Morgan fingerprint density at radius 2 is 1.97 bits per heavy atom. The van der Waals surface area contributed by atoms with E-state index in [0.29, 0.717) is 19.5 Å². The first-order valence-corrected chi connectivity index (χ1v) is 14.0. The van der Waals surface area contributed by atoms with Crippen LogP contribution in [0.1, 0.15) is 53.0 Å². The van der Waals surface area contributed by atoms with E-state index in [1.54, 1.807) is 36.0 Å². The average Bonchev–Trinajstić information content (AvgIpc) is 3.73. The number of carbonyl (C=O) groups is 1. The minimum absolute atomic E-state index is 0.0373. The van der Waals surface area contributed by atoms with Gasteiger partial charge in [0.05, 0.1) is 0 Å². The van der Waals surface area contributed by atoms with Gasteiger partial charge in [0.2, 0.25) is 0 Å². The van der Waals surface area contributed by atoms with E-state index in [0.717, 1.165) is 58.1 Å². The van der Waals surface area contributed by atoms with Crippen molar-refractivity contribution in [2.45, 2.75) is 57.2 Å². The van der Waals surface area contributed by atoms with E-state index in [4.69, 9.17) is 0 Å². The van der Waals surface area contributed by atoms with Gasteiger partial charge in [-0.2, -0.15) is 0 Å². The molecule has 1 saturated carbocycles. The molecule has 2 N–H and O–H groups in total. The molecule has 0 radical (unpaired) electrons. The van der Waals surface area contributed by atoms with Gasteiger partial charge in [-0.05, 0) is 91.2 Å². The number of amides is 2. The smallest absolute Gasteiger partial charge is 0.318 e. The minimum Gasteiger partial charge on any atom is -0.333 e. The van der Waals surface area contributed by atoms with Gasteiger partial charge in [0.1, 0.15) is 5.82 Å². The second-order valence-electron chi connectivity index (χ2n) is 10.6. The number of pyridine rings is 1. The number of halogens is 2. The summed E-state index contributed by atoms with van der Waals surface area (Å²) >= 11 is 3.70. The van der Waals surface area contributed by atoms with Crippen molar-refractivity contribution >= 4 is 22.0 Å². The van der Waals surface area contributed by atoms with Crippen LogP contribution < -0.4 is 16.2 Å². The zero-order chi connectivity index (χ0) is 26.8. The molecule has 6 nitrogen and oxygen atoms in total. The highest BCUT2D eigenvalue weighted by molar-refractivity contribution is 9.10. The molecule has 3 aromatic rings. The number of urea groups is 1. The van der Waals surface area contributed by atoms with Crippen LogP contribution in [0.5, 0.6) is 0 Å². The summed E-state index contributed by atoms with van der Waals surface area (Å²) in [5.41, 5.74) is 5.12. The largest absolute Gasteiger partial charge is 0.333 e. The van der Waals surface area contributed by atoms with Gasteiger partial charge in [0, 0.05) is 54.9 Å². The molecule has 5 rings (SSSR count). The average molecular weight is 582 g/mol.